The molecule has 0 radical (unpaired) electrons. The molecule has 0 saturated carbocycles. The number of anilines is 1. The normalized spacial score (nSPS) is 10.4. The molecule has 1 amide bonds. The molecule has 3 rings (SSSR count). The minimum Gasteiger partial charge on any atom is -0.370 e. The average Bonchev–Trinajstić information content (AvgIpc) is 2.69. The van der Waals surface area contributed by atoms with Gasteiger partial charge < -0.3 is 10.2 Å². The molecule has 0 aliphatic heterocycles. The van der Waals surface area contributed by atoms with Gasteiger partial charge in [-0.1, -0.05) is 54.1 Å². The van der Waals surface area contributed by atoms with Gasteiger partial charge in [0.15, 0.2) is 0 Å². The first kappa shape index (κ1) is 18.9. The highest BCUT2D eigenvalue weighted by atomic mass is 35.5. The maximum Gasteiger partial charge on any atom is 0.269 e. The predicted octanol–water partition coefficient (Wildman–Crippen LogP) is 4.34. The molecule has 4 nitrogen and oxygen atoms in total. The quantitative estimate of drug-likeness (QED) is 0.664. The van der Waals surface area contributed by atoms with Gasteiger partial charge in [-0.15, -0.1) is 0 Å². The van der Waals surface area contributed by atoms with E-state index in [0.717, 1.165) is 24.2 Å². The van der Waals surface area contributed by atoms with Crippen LogP contribution in [0.4, 0.5) is 5.69 Å². The topological polar surface area (TPSA) is 45.2 Å². The fourth-order valence-electron chi connectivity index (χ4n) is 2.83. The molecular formula is C22H22ClN3O. The monoisotopic (exact) mass is 379 g/mol. The lowest BCUT2D eigenvalue weighted by Gasteiger charge is -2.19. The van der Waals surface area contributed by atoms with Crippen molar-refractivity contribution in [3.05, 3.63) is 94.8 Å². The van der Waals surface area contributed by atoms with Crippen LogP contribution in [0, 0.1) is 0 Å². The summed E-state index contributed by atoms with van der Waals surface area (Å²) in [6, 6.07) is 21.6. The van der Waals surface area contributed by atoms with Crippen LogP contribution in [-0.2, 0) is 13.0 Å². The van der Waals surface area contributed by atoms with Gasteiger partial charge in [0.1, 0.15) is 5.69 Å². The van der Waals surface area contributed by atoms with E-state index in [1.54, 1.807) is 6.20 Å². The summed E-state index contributed by atoms with van der Waals surface area (Å²) in [5.74, 6) is -0.174. The van der Waals surface area contributed by atoms with Crippen molar-refractivity contribution in [2.75, 3.05) is 18.5 Å². The van der Waals surface area contributed by atoms with Gasteiger partial charge >= 0.3 is 0 Å². The number of rotatable bonds is 7. The van der Waals surface area contributed by atoms with Gasteiger partial charge in [-0.3, -0.25) is 9.78 Å². The lowest BCUT2D eigenvalue weighted by molar-refractivity contribution is 0.0949. The van der Waals surface area contributed by atoms with Crippen LogP contribution in [0.25, 0.3) is 0 Å². The predicted molar refractivity (Wildman–Crippen MR) is 110 cm³/mol. The van der Waals surface area contributed by atoms with Crippen molar-refractivity contribution in [3.8, 4) is 0 Å². The first-order valence-corrected chi connectivity index (χ1v) is 9.23. The second-order valence-electron chi connectivity index (χ2n) is 6.38. The molecule has 0 spiro atoms. The van der Waals surface area contributed by atoms with Crippen LogP contribution in [0.1, 0.15) is 21.6 Å². The summed E-state index contributed by atoms with van der Waals surface area (Å²) in [6.45, 7) is 1.30. The molecule has 0 fully saturated rings. The van der Waals surface area contributed by atoms with Crippen molar-refractivity contribution in [1.29, 1.82) is 0 Å². The Kier molecular flexibility index (Phi) is 6.44. The molecular weight excluding hydrogens is 358 g/mol. The summed E-state index contributed by atoms with van der Waals surface area (Å²) in [5, 5.41) is 3.62. The van der Waals surface area contributed by atoms with Crippen LogP contribution in [-0.4, -0.2) is 24.5 Å². The summed E-state index contributed by atoms with van der Waals surface area (Å²) in [4.78, 5) is 18.7. The Hall–Kier alpha value is -2.85. The number of hydrogen-bond donors (Lipinski definition) is 1. The summed E-state index contributed by atoms with van der Waals surface area (Å²) in [5.41, 5.74) is 3.67. The van der Waals surface area contributed by atoms with Gasteiger partial charge in [-0.25, -0.2) is 0 Å². The Morgan fingerprint density at radius 1 is 1.04 bits per heavy atom. The molecule has 27 heavy (non-hydrogen) atoms. The Morgan fingerprint density at radius 3 is 2.59 bits per heavy atom. The lowest BCUT2D eigenvalue weighted by Crippen LogP contribution is -2.27. The fourth-order valence-corrected chi connectivity index (χ4v) is 3.05. The summed E-state index contributed by atoms with van der Waals surface area (Å²) in [6.07, 6.45) is 2.39. The van der Waals surface area contributed by atoms with Crippen LogP contribution < -0.4 is 10.2 Å². The molecule has 0 aliphatic carbocycles. The van der Waals surface area contributed by atoms with Crippen molar-refractivity contribution < 1.29 is 4.79 Å². The number of halogens is 1. The number of nitrogens with zero attached hydrogens (tertiary/aromatic N) is 2. The molecule has 0 aliphatic rings. The second kappa shape index (κ2) is 9.19. The SMILES string of the molecule is CN(Cc1ccccc1)c1ccnc(C(=O)NCCc2cccc(Cl)c2)c1. The number of hydrogen-bond acceptors (Lipinski definition) is 3. The van der Waals surface area contributed by atoms with Gasteiger partial charge in [-0.2, -0.15) is 0 Å². The number of aromatic nitrogens is 1. The number of carbonyl (C=O) groups excluding carboxylic acids is 1. The Bertz CT molecular complexity index is 899. The number of benzene rings is 2. The van der Waals surface area contributed by atoms with Gasteiger partial charge in [0.25, 0.3) is 5.91 Å². The molecule has 0 atom stereocenters. The van der Waals surface area contributed by atoms with E-state index in [4.69, 9.17) is 11.6 Å². The van der Waals surface area contributed by atoms with Crippen LogP contribution >= 0.6 is 11.6 Å². The van der Waals surface area contributed by atoms with Crippen LogP contribution in [0.15, 0.2) is 72.9 Å². The molecule has 2 aromatic carbocycles. The van der Waals surface area contributed by atoms with E-state index in [1.165, 1.54) is 5.56 Å². The zero-order valence-corrected chi connectivity index (χ0v) is 16.0. The van der Waals surface area contributed by atoms with Crippen molar-refractivity contribution in [3.63, 3.8) is 0 Å². The molecule has 1 aromatic heterocycles. The minimum atomic E-state index is -0.174. The third-order valence-corrected chi connectivity index (χ3v) is 4.50. The Morgan fingerprint density at radius 2 is 1.81 bits per heavy atom. The highest BCUT2D eigenvalue weighted by molar-refractivity contribution is 6.30. The van der Waals surface area contributed by atoms with E-state index in [2.05, 4.69) is 27.3 Å². The standard InChI is InChI=1S/C22H22ClN3O/c1-26(16-18-6-3-2-4-7-18)20-11-13-24-21(15-20)22(27)25-12-10-17-8-5-9-19(23)14-17/h2-9,11,13-15H,10,12,16H2,1H3,(H,25,27). The molecule has 0 bridgehead atoms. The van der Waals surface area contributed by atoms with Gasteiger partial charge in [0, 0.05) is 37.0 Å². The zero-order chi connectivity index (χ0) is 19.1. The summed E-state index contributed by atoms with van der Waals surface area (Å²) >= 11 is 5.99. The summed E-state index contributed by atoms with van der Waals surface area (Å²) < 4.78 is 0. The third-order valence-electron chi connectivity index (χ3n) is 4.27. The molecule has 5 heteroatoms. The van der Waals surface area contributed by atoms with Crippen molar-refractivity contribution >= 4 is 23.2 Å². The van der Waals surface area contributed by atoms with Gasteiger partial charge in [0.05, 0.1) is 0 Å². The van der Waals surface area contributed by atoms with Crippen molar-refractivity contribution in [1.82, 2.24) is 10.3 Å². The maximum atomic E-state index is 12.4. The van der Waals surface area contributed by atoms with E-state index >= 15 is 0 Å². The fraction of sp³-hybridized carbons (Fsp3) is 0.182. The second-order valence-corrected chi connectivity index (χ2v) is 6.81. The molecule has 0 unspecified atom stereocenters. The smallest absolute Gasteiger partial charge is 0.269 e. The average molecular weight is 380 g/mol. The van der Waals surface area contributed by atoms with E-state index in [-0.39, 0.29) is 5.91 Å². The Balaban J connectivity index is 1.58. The molecule has 1 heterocycles. The van der Waals surface area contributed by atoms with Crippen LogP contribution in [0.3, 0.4) is 0 Å². The molecule has 0 saturated heterocycles. The number of pyridine rings is 1. The molecule has 1 N–H and O–H groups in total. The van der Waals surface area contributed by atoms with E-state index in [1.807, 2.05) is 61.6 Å². The third kappa shape index (κ3) is 5.56. The lowest BCUT2D eigenvalue weighted by atomic mass is 10.1. The number of amides is 1. The van der Waals surface area contributed by atoms with Crippen LogP contribution in [0.5, 0.6) is 0 Å². The van der Waals surface area contributed by atoms with Crippen LogP contribution in [0.2, 0.25) is 5.02 Å². The van der Waals surface area contributed by atoms with Crippen molar-refractivity contribution in [2.45, 2.75) is 13.0 Å². The van der Waals surface area contributed by atoms with Gasteiger partial charge in [-0.05, 0) is 41.8 Å². The van der Waals surface area contributed by atoms with Crippen molar-refractivity contribution in [2.24, 2.45) is 0 Å². The zero-order valence-electron chi connectivity index (χ0n) is 15.2. The largest absolute Gasteiger partial charge is 0.370 e. The first-order valence-electron chi connectivity index (χ1n) is 8.85. The van der Waals surface area contributed by atoms with E-state index in [9.17, 15) is 4.79 Å². The summed E-state index contributed by atoms with van der Waals surface area (Å²) in [7, 11) is 2.00. The molecule has 3 aromatic rings. The maximum absolute atomic E-state index is 12.4. The highest BCUT2D eigenvalue weighted by Crippen LogP contribution is 2.16. The van der Waals surface area contributed by atoms with E-state index < -0.39 is 0 Å². The Labute approximate surface area is 164 Å². The van der Waals surface area contributed by atoms with Gasteiger partial charge in [0.2, 0.25) is 0 Å². The number of nitrogens with one attached hydrogen (secondary N) is 1. The minimum absolute atomic E-state index is 0.174. The molecule has 138 valence electrons. The first-order chi connectivity index (χ1) is 13.1. The highest BCUT2D eigenvalue weighted by Gasteiger charge is 2.10. The number of carbonyl (C=O) groups is 1. The van der Waals surface area contributed by atoms with E-state index in [0.29, 0.717) is 17.3 Å².